The Balaban J connectivity index is 1.68. The van der Waals surface area contributed by atoms with Crippen LogP contribution >= 0.6 is 0 Å². The number of benzene rings is 1. The van der Waals surface area contributed by atoms with Crippen molar-refractivity contribution < 1.29 is 4.74 Å². The average Bonchev–Trinajstić information content (AvgIpc) is 2.81. The molecule has 3 rings (SSSR count). The second-order valence-corrected chi connectivity index (χ2v) is 6.08. The van der Waals surface area contributed by atoms with Crippen molar-refractivity contribution >= 4 is 10.9 Å². The van der Waals surface area contributed by atoms with E-state index in [1.807, 2.05) is 0 Å². The van der Waals surface area contributed by atoms with E-state index in [2.05, 4.69) is 48.1 Å². The zero-order chi connectivity index (χ0) is 13.9. The Morgan fingerprint density at radius 3 is 2.90 bits per heavy atom. The van der Waals surface area contributed by atoms with Crippen LogP contribution < -0.4 is 0 Å². The molecule has 2 heterocycles. The van der Waals surface area contributed by atoms with Crippen LogP contribution in [-0.2, 0) is 11.3 Å². The van der Waals surface area contributed by atoms with Crippen molar-refractivity contribution in [2.24, 2.45) is 5.92 Å². The summed E-state index contributed by atoms with van der Waals surface area (Å²) in [6.07, 6.45) is 2.41. The molecule has 0 amide bonds. The van der Waals surface area contributed by atoms with Crippen molar-refractivity contribution in [3.8, 4) is 0 Å². The first-order valence-corrected chi connectivity index (χ1v) is 7.56. The number of nitrogens with one attached hydrogen (secondary N) is 1. The van der Waals surface area contributed by atoms with E-state index in [0.29, 0.717) is 0 Å². The van der Waals surface area contributed by atoms with Gasteiger partial charge in [0.2, 0.25) is 0 Å². The predicted molar refractivity (Wildman–Crippen MR) is 82.9 cm³/mol. The minimum atomic E-state index is 0.793. The van der Waals surface area contributed by atoms with E-state index in [1.54, 1.807) is 0 Å². The van der Waals surface area contributed by atoms with Gasteiger partial charge in [0.25, 0.3) is 0 Å². The lowest BCUT2D eigenvalue weighted by Gasteiger charge is -2.27. The van der Waals surface area contributed by atoms with Crippen molar-refractivity contribution in [1.82, 2.24) is 9.88 Å². The molecule has 1 aliphatic rings. The third-order valence-corrected chi connectivity index (χ3v) is 4.24. The smallest absolute Gasteiger partial charge is 0.0469 e. The molecule has 1 aromatic carbocycles. The number of fused-ring (bicyclic) bond motifs is 1. The van der Waals surface area contributed by atoms with Gasteiger partial charge in [-0.25, -0.2) is 0 Å². The van der Waals surface area contributed by atoms with Gasteiger partial charge in [-0.3, -0.25) is 0 Å². The number of H-pyrrole nitrogens is 1. The van der Waals surface area contributed by atoms with Crippen LogP contribution in [0, 0.1) is 12.8 Å². The maximum absolute atomic E-state index is 5.44. The van der Waals surface area contributed by atoms with Crippen LogP contribution in [0.5, 0.6) is 0 Å². The number of nitrogens with zero attached hydrogens (tertiary/aromatic N) is 1. The molecule has 1 aromatic heterocycles. The first kappa shape index (κ1) is 13.7. The Morgan fingerprint density at radius 1 is 1.30 bits per heavy atom. The van der Waals surface area contributed by atoms with Crippen LogP contribution in [-0.4, -0.2) is 36.7 Å². The molecule has 0 bridgehead atoms. The fourth-order valence-corrected chi connectivity index (χ4v) is 3.22. The first-order valence-electron chi connectivity index (χ1n) is 7.56. The number of aromatic amines is 1. The number of rotatable bonds is 4. The largest absolute Gasteiger partial charge is 0.381 e. The Hall–Kier alpha value is -1.32. The molecule has 0 unspecified atom stereocenters. The van der Waals surface area contributed by atoms with Crippen molar-refractivity contribution in [3.63, 3.8) is 0 Å². The zero-order valence-corrected chi connectivity index (χ0v) is 12.5. The van der Waals surface area contributed by atoms with E-state index in [0.717, 1.165) is 25.7 Å². The molecule has 0 spiro atoms. The predicted octanol–water partition coefficient (Wildman–Crippen LogP) is 3.33. The molecule has 0 radical (unpaired) electrons. The highest BCUT2D eigenvalue weighted by molar-refractivity contribution is 5.83. The van der Waals surface area contributed by atoms with Gasteiger partial charge in [-0.1, -0.05) is 12.1 Å². The number of ether oxygens (including phenoxy) is 1. The summed E-state index contributed by atoms with van der Waals surface area (Å²) in [5.41, 5.74) is 3.90. The van der Waals surface area contributed by atoms with E-state index < -0.39 is 0 Å². The average molecular weight is 272 g/mol. The summed E-state index contributed by atoms with van der Waals surface area (Å²) in [6.45, 7) is 6.18. The van der Waals surface area contributed by atoms with Crippen LogP contribution in [0.2, 0.25) is 0 Å². The highest BCUT2D eigenvalue weighted by Gasteiger charge is 2.16. The molecule has 1 saturated heterocycles. The second-order valence-electron chi connectivity index (χ2n) is 6.08. The van der Waals surface area contributed by atoms with Crippen molar-refractivity contribution in [1.29, 1.82) is 0 Å². The number of aryl methyl sites for hydroxylation is 1. The molecule has 3 nitrogen and oxygen atoms in total. The molecule has 0 saturated carbocycles. The monoisotopic (exact) mass is 272 g/mol. The highest BCUT2D eigenvalue weighted by atomic mass is 16.5. The summed E-state index contributed by atoms with van der Waals surface area (Å²) >= 11 is 0. The van der Waals surface area contributed by atoms with Gasteiger partial charge in [-0.05, 0) is 50.4 Å². The van der Waals surface area contributed by atoms with Crippen LogP contribution in [0.15, 0.2) is 24.3 Å². The van der Waals surface area contributed by atoms with Gasteiger partial charge in [-0.15, -0.1) is 0 Å². The Labute approximate surface area is 120 Å². The third kappa shape index (κ3) is 3.05. The Bertz CT molecular complexity index is 569. The summed E-state index contributed by atoms with van der Waals surface area (Å²) in [5, 5.41) is 1.36. The van der Waals surface area contributed by atoms with Crippen LogP contribution in [0.1, 0.15) is 24.1 Å². The fourth-order valence-electron chi connectivity index (χ4n) is 3.22. The van der Waals surface area contributed by atoms with E-state index in [-0.39, 0.29) is 0 Å². The number of aromatic nitrogens is 1. The molecule has 3 heteroatoms. The van der Waals surface area contributed by atoms with E-state index in [9.17, 15) is 0 Å². The maximum atomic E-state index is 5.44. The quantitative estimate of drug-likeness (QED) is 0.924. The van der Waals surface area contributed by atoms with Gasteiger partial charge in [0, 0.05) is 42.9 Å². The SMILES string of the molecule is Cc1cc2c(CN(C)CC3CCOCC3)cccc2[nH]1. The van der Waals surface area contributed by atoms with Crippen molar-refractivity contribution in [2.75, 3.05) is 26.8 Å². The molecule has 1 fully saturated rings. The zero-order valence-electron chi connectivity index (χ0n) is 12.5. The van der Waals surface area contributed by atoms with E-state index in [1.165, 1.54) is 41.5 Å². The third-order valence-electron chi connectivity index (χ3n) is 4.24. The Kier molecular flexibility index (Phi) is 4.08. The maximum Gasteiger partial charge on any atom is 0.0469 e. The Morgan fingerprint density at radius 2 is 2.10 bits per heavy atom. The number of hydrogen-bond donors (Lipinski definition) is 1. The standard InChI is InChI=1S/C17H24N2O/c1-13-10-16-15(4-3-5-17(16)18-13)12-19(2)11-14-6-8-20-9-7-14/h3-5,10,14,18H,6-9,11-12H2,1-2H3. The highest BCUT2D eigenvalue weighted by Crippen LogP contribution is 2.22. The molecular weight excluding hydrogens is 248 g/mol. The lowest BCUT2D eigenvalue weighted by Crippen LogP contribution is -2.29. The first-order chi connectivity index (χ1) is 9.72. The summed E-state index contributed by atoms with van der Waals surface area (Å²) < 4.78 is 5.44. The van der Waals surface area contributed by atoms with Gasteiger partial charge in [0.05, 0.1) is 0 Å². The molecular formula is C17H24N2O. The number of hydrogen-bond acceptors (Lipinski definition) is 2. The normalized spacial score (nSPS) is 17.1. The topological polar surface area (TPSA) is 28.3 Å². The minimum Gasteiger partial charge on any atom is -0.381 e. The van der Waals surface area contributed by atoms with Gasteiger partial charge < -0.3 is 14.6 Å². The molecule has 20 heavy (non-hydrogen) atoms. The molecule has 0 atom stereocenters. The summed E-state index contributed by atoms with van der Waals surface area (Å²) in [5.74, 6) is 0.793. The van der Waals surface area contributed by atoms with Gasteiger partial charge in [0.15, 0.2) is 0 Å². The van der Waals surface area contributed by atoms with Crippen LogP contribution in [0.3, 0.4) is 0 Å². The molecule has 1 N–H and O–H groups in total. The van der Waals surface area contributed by atoms with Crippen LogP contribution in [0.4, 0.5) is 0 Å². The molecule has 0 aliphatic carbocycles. The summed E-state index contributed by atoms with van der Waals surface area (Å²) in [6, 6.07) is 8.81. The molecule has 1 aliphatic heterocycles. The van der Waals surface area contributed by atoms with E-state index in [4.69, 9.17) is 4.74 Å². The molecule has 2 aromatic rings. The minimum absolute atomic E-state index is 0.793. The van der Waals surface area contributed by atoms with Gasteiger partial charge in [0.1, 0.15) is 0 Å². The fraction of sp³-hybridized carbons (Fsp3) is 0.529. The van der Waals surface area contributed by atoms with E-state index >= 15 is 0 Å². The van der Waals surface area contributed by atoms with Gasteiger partial charge in [-0.2, -0.15) is 0 Å². The van der Waals surface area contributed by atoms with Gasteiger partial charge >= 0.3 is 0 Å². The van der Waals surface area contributed by atoms with Crippen molar-refractivity contribution in [2.45, 2.75) is 26.3 Å². The summed E-state index contributed by atoms with van der Waals surface area (Å²) in [7, 11) is 2.23. The molecule has 108 valence electrons. The van der Waals surface area contributed by atoms with Crippen LogP contribution in [0.25, 0.3) is 10.9 Å². The lowest BCUT2D eigenvalue weighted by molar-refractivity contribution is 0.0550. The second kappa shape index (κ2) is 5.98. The lowest BCUT2D eigenvalue weighted by atomic mass is 9.99. The summed E-state index contributed by atoms with van der Waals surface area (Å²) in [4.78, 5) is 5.87. The van der Waals surface area contributed by atoms with Crippen molar-refractivity contribution in [3.05, 3.63) is 35.5 Å².